The minimum absolute atomic E-state index is 0.212. The smallest absolute Gasteiger partial charge is 0.327 e. The molecule has 138 valence electrons. The number of benzene rings is 1. The lowest BCUT2D eigenvalue weighted by Crippen LogP contribution is -2.45. The highest BCUT2D eigenvalue weighted by Gasteiger charge is 2.40. The Morgan fingerprint density at radius 1 is 1.30 bits per heavy atom. The number of hydrogen-bond donors (Lipinski definition) is 1. The number of carbonyl (C=O) groups excluding carboxylic acids is 1. The summed E-state index contributed by atoms with van der Waals surface area (Å²) in [5.74, 6) is -1.42. The lowest BCUT2D eigenvalue weighted by atomic mass is 10.0. The summed E-state index contributed by atoms with van der Waals surface area (Å²) in [6.45, 7) is 0. The minimum atomic E-state index is -1.07. The summed E-state index contributed by atoms with van der Waals surface area (Å²) in [6, 6.07) is 8.23. The number of carboxylic acid groups (broad SMARTS) is 1. The molecule has 1 aromatic rings. The second-order valence-corrected chi connectivity index (χ2v) is 7.84. The third kappa shape index (κ3) is 4.84. The van der Waals surface area contributed by atoms with Gasteiger partial charge >= 0.3 is 5.97 Å². The highest BCUT2D eigenvalue weighted by Crippen LogP contribution is 2.33. The van der Waals surface area contributed by atoms with Crippen molar-refractivity contribution in [1.29, 1.82) is 0 Å². The van der Waals surface area contributed by atoms with Crippen LogP contribution >= 0.6 is 24.0 Å². The van der Waals surface area contributed by atoms with Crippen molar-refractivity contribution < 1.29 is 14.7 Å². The van der Waals surface area contributed by atoms with Crippen LogP contribution in [0.5, 0.6) is 0 Å². The molecule has 27 heavy (non-hydrogen) atoms. The molecule has 3 rings (SSSR count). The maximum atomic E-state index is 12.8. The third-order valence-electron chi connectivity index (χ3n) is 4.25. The van der Waals surface area contributed by atoms with Crippen LogP contribution in [0.25, 0.3) is 0 Å². The lowest BCUT2D eigenvalue weighted by molar-refractivity contribution is -0.145. The molecule has 0 saturated carbocycles. The van der Waals surface area contributed by atoms with Crippen LogP contribution in [0.1, 0.15) is 18.4 Å². The summed E-state index contributed by atoms with van der Waals surface area (Å²) in [4.78, 5) is 26.2. The molecule has 1 N–H and O–H groups in total. The van der Waals surface area contributed by atoms with Gasteiger partial charge in [0.1, 0.15) is 10.4 Å². The van der Waals surface area contributed by atoms with E-state index in [-0.39, 0.29) is 16.6 Å². The van der Waals surface area contributed by atoms with Gasteiger partial charge in [-0.2, -0.15) is 0 Å². The Labute approximate surface area is 167 Å². The first-order chi connectivity index (χ1) is 13.1. The van der Waals surface area contributed by atoms with Gasteiger partial charge in [0.2, 0.25) is 0 Å². The highest BCUT2D eigenvalue weighted by atomic mass is 32.2. The van der Waals surface area contributed by atoms with Gasteiger partial charge in [-0.05, 0) is 30.1 Å². The van der Waals surface area contributed by atoms with Crippen molar-refractivity contribution in [2.45, 2.75) is 25.3 Å². The minimum Gasteiger partial charge on any atom is -0.480 e. The molecule has 1 amide bonds. The van der Waals surface area contributed by atoms with Crippen molar-refractivity contribution >= 4 is 40.2 Å². The van der Waals surface area contributed by atoms with E-state index in [0.717, 1.165) is 35.7 Å². The van der Waals surface area contributed by atoms with Gasteiger partial charge in [0.15, 0.2) is 0 Å². The Bertz CT molecular complexity index is 869. The first kappa shape index (κ1) is 19.3. The standard InChI is InChI=1S/C21H19NO3S2/c23-19-18(13-7-12-15-8-3-1-4-9-15)27-21(26)22(19)17(20(24)25)14-16-10-5-2-6-11-16/h2-3,5-13,17H,1,4,14H2,(H,24,25)/b12-7+,18-13-. The molecule has 0 radical (unpaired) electrons. The van der Waals surface area contributed by atoms with Crippen LogP contribution in [0.3, 0.4) is 0 Å². The summed E-state index contributed by atoms with van der Waals surface area (Å²) in [5.41, 5.74) is 1.94. The van der Waals surface area contributed by atoms with Crippen molar-refractivity contribution in [1.82, 2.24) is 4.90 Å². The summed E-state index contributed by atoms with van der Waals surface area (Å²) >= 11 is 6.44. The molecular formula is C21H19NO3S2. The van der Waals surface area contributed by atoms with E-state index in [4.69, 9.17) is 12.2 Å². The molecule has 1 aliphatic carbocycles. The Hall–Kier alpha value is -2.44. The molecular weight excluding hydrogens is 378 g/mol. The number of carbonyl (C=O) groups is 2. The predicted molar refractivity (Wildman–Crippen MR) is 112 cm³/mol. The summed E-state index contributed by atoms with van der Waals surface area (Å²) in [5, 5.41) is 9.65. The number of thioether (sulfide) groups is 1. The van der Waals surface area contributed by atoms with Crippen molar-refractivity contribution in [2.24, 2.45) is 0 Å². The van der Waals surface area contributed by atoms with E-state index in [2.05, 4.69) is 12.2 Å². The summed E-state index contributed by atoms with van der Waals surface area (Å²) in [7, 11) is 0. The predicted octanol–water partition coefficient (Wildman–Crippen LogP) is 4.26. The Balaban J connectivity index is 1.76. The average molecular weight is 398 g/mol. The van der Waals surface area contributed by atoms with Crippen molar-refractivity contribution in [3.8, 4) is 0 Å². The molecule has 4 nitrogen and oxygen atoms in total. The molecule has 0 bridgehead atoms. The number of aliphatic carboxylic acids is 1. The van der Waals surface area contributed by atoms with Crippen LogP contribution in [0.4, 0.5) is 0 Å². The van der Waals surface area contributed by atoms with Crippen LogP contribution in [-0.4, -0.2) is 32.2 Å². The lowest BCUT2D eigenvalue weighted by Gasteiger charge is -2.23. The fourth-order valence-corrected chi connectivity index (χ4v) is 4.20. The van der Waals surface area contributed by atoms with E-state index >= 15 is 0 Å². The van der Waals surface area contributed by atoms with Gasteiger partial charge in [-0.15, -0.1) is 0 Å². The van der Waals surface area contributed by atoms with E-state index in [1.807, 2.05) is 42.5 Å². The molecule has 2 aliphatic rings. The zero-order chi connectivity index (χ0) is 19.2. The van der Waals surface area contributed by atoms with Crippen LogP contribution < -0.4 is 0 Å². The first-order valence-electron chi connectivity index (χ1n) is 8.63. The second kappa shape index (κ2) is 8.97. The van der Waals surface area contributed by atoms with Crippen LogP contribution in [-0.2, 0) is 16.0 Å². The quantitative estimate of drug-likeness (QED) is 0.574. The van der Waals surface area contributed by atoms with E-state index in [1.165, 1.54) is 4.90 Å². The molecule has 1 saturated heterocycles. The van der Waals surface area contributed by atoms with Gasteiger partial charge in [0.05, 0.1) is 4.91 Å². The number of nitrogens with zero attached hydrogens (tertiary/aromatic N) is 1. The Kier molecular flexibility index (Phi) is 6.42. The van der Waals surface area contributed by atoms with Gasteiger partial charge in [0, 0.05) is 6.42 Å². The van der Waals surface area contributed by atoms with Crippen LogP contribution in [0.15, 0.2) is 77.3 Å². The topological polar surface area (TPSA) is 57.6 Å². The van der Waals surface area contributed by atoms with Crippen LogP contribution in [0, 0.1) is 0 Å². The molecule has 1 fully saturated rings. The first-order valence-corrected chi connectivity index (χ1v) is 9.86. The molecule has 1 aliphatic heterocycles. The monoisotopic (exact) mass is 397 g/mol. The molecule has 6 heteroatoms. The normalized spacial score (nSPS) is 19.8. The highest BCUT2D eigenvalue weighted by molar-refractivity contribution is 8.26. The summed E-state index contributed by atoms with van der Waals surface area (Å²) in [6.07, 6.45) is 14.0. The number of rotatable bonds is 6. The maximum absolute atomic E-state index is 12.8. The fraction of sp³-hybridized carbons (Fsp3) is 0.190. The van der Waals surface area contributed by atoms with Gasteiger partial charge in [-0.3, -0.25) is 9.69 Å². The van der Waals surface area contributed by atoms with Gasteiger partial charge in [-0.1, -0.05) is 84.7 Å². The molecule has 0 aromatic heterocycles. The number of thiocarbonyl (C=S) groups is 1. The largest absolute Gasteiger partial charge is 0.480 e. The number of carboxylic acids is 1. The van der Waals surface area contributed by atoms with Gasteiger partial charge in [-0.25, -0.2) is 4.79 Å². The van der Waals surface area contributed by atoms with E-state index in [9.17, 15) is 14.7 Å². The van der Waals surface area contributed by atoms with E-state index in [0.29, 0.717) is 4.91 Å². The van der Waals surface area contributed by atoms with Gasteiger partial charge in [0.25, 0.3) is 5.91 Å². The SMILES string of the molecule is O=C(O)C(Cc1ccccc1)N1C(=O)/C(=C/C=C/C2=CCCC=C2)SC1=S. The fourth-order valence-electron chi connectivity index (χ4n) is 2.89. The maximum Gasteiger partial charge on any atom is 0.327 e. The third-order valence-corrected chi connectivity index (χ3v) is 5.60. The molecule has 0 spiro atoms. The molecule has 1 heterocycles. The molecule has 1 unspecified atom stereocenters. The Morgan fingerprint density at radius 2 is 2.07 bits per heavy atom. The zero-order valence-corrected chi connectivity index (χ0v) is 16.2. The number of amides is 1. The average Bonchev–Trinajstić information content (AvgIpc) is 2.95. The van der Waals surface area contributed by atoms with Crippen molar-refractivity contribution in [2.75, 3.05) is 0 Å². The second-order valence-electron chi connectivity index (χ2n) is 6.16. The molecule has 1 atom stereocenters. The summed E-state index contributed by atoms with van der Waals surface area (Å²) < 4.78 is 0.278. The zero-order valence-electron chi connectivity index (χ0n) is 14.6. The van der Waals surface area contributed by atoms with E-state index < -0.39 is 12.0 Å². The number of allylic oxidation sites excluding steroid dienone is 7. The van der Waals surface area contributed by atoms with Crippen LogP contribution in [0.2, 0.25) is 0 Å². The number of hydrogen-bond acceptors (Lipinski definition) is 4. The van der Waals surface area contributed by atoms with Crippen molar-refractivity contribution in [3.63, 3.8) is 0 Å². The van der Waals surface area contributed by atoms with E-state index in [1.54, 1.807) is 12.2 Å². The van der Waals surface area contributed by atoms with Gasteiger partial charge < -0.3 is 5.11 Å². The van der Waals surface area contributed by atoms with Crippen molar-refractivity contribution in [3.05, 3.63) is 82.8 Å². The Morgan fingerprint density at radius 3 is 2.74 bits per heavy atom. The molecule has 1 aromatic carbocycles.